The van der Waals surface area contributed by atoms with E-state index in [-0.39, 0.29) is 0 Å². The van der Waals surface area contributed by atoms with E-state index in [2.05, 4.69) is 43.4 Å². The molecule has 1 atom stereocenters. The number of H-pyrrole nitrogens is 1. The number of nitrogens with one attached hydrogen (secondary N) is 2. The first kappa shape index (κ1) is 28.3. The van der Waals surface area contributed by atoms with E-state index in [1.807, 2.05) is 52.1 Å². The minimum Gasteiger partial charge on any atom is -0.388 e. The summed E-state index contributed by atoms with van der Waals surface area (Å²) in [7, 11) is 5.24. The highest BCUT2D eigenvalue weighted by molar-refractivity contribution is 5.96. The average molecular weight is 489 g/mol. The lowest BCUT2D eigenvalue weighted by Gasteiger charge is -2.07. The lowest BCUT2D eigenvalue weighted by molar-refractivity contribution is 0.112. The fraction of sp³-hybridized carbons (Fsp3) is 0.241. The Morgan fingerprint density at radius 2 is 1.94 bits per heavy atom. The maximum absolute atomic E-state index is 11.1. The van der Waals surface area contributed by atoms with Crippen LogP contribution in [0.1, 0.15) is 35.5 Å². The molecule has 3 N–H and O–H groups in total. The van der Waals surface area contributed by atoms with Crippen molar-refractivity contribution in [2.45, 2.75) is 26.9 Å². The maximum Gasteiger partial charge on any atom is 0.150 e. The van der Waals surface area contributed by atoms with Crippen LogP contribution in [0.15, 0.2) is 67.5 Å². The maximum atomic E-state index is 11.1. The Kier molecular flexibility index (Phi) is 10.9. The number of rotatable bonds is 7. The van der Waals surface area contributed by atoms with Gasteiger partial charge in [-0.3, -0.25) is 4.79 Å². The van der Waals surface area contributed by atoms with Crippen molar-refractivity contribution in [1.82, 2.24) is 14.5 Å². The first-order valence-electron chi connectivity index (χ1n) is 11.8. The van der Waals surface area contributed by atoms with Gasteiger partial charge in [-0.25, -0.2) is 4.98 Å². The monoisotopic (exact) mass is 488 g/mol. The van der Waals surface area contributed by atoms with Crippen molar-refractivity contribution in [3.63, 3.8) is 0 Å². The van der Waals surface area contributed by atoms with Gasteiger partial charge in [-0.2, -0.15) is 0 Å². The number of methoxy groups -OCH3 is 1. The molecule has 4 rings (SSSR count). The van der Waals surface area contributed by atoms with Crippen molar-refractivity contribution in [3.05, 3.63) is 84.3 Å². The fourth-order valence-corrected chi connectivity index (χ4v) is 3.57. The molecule has 0 aliphatic carbocycles. The van der Waals surface area contributed by atoms with Gasteiger partial charge in [-0.05, 0) is 31.2 Å². The molecule has 0 saturated heterocycles. The number of aromatic amines is 1. The number of carbonyl (C=O) groups excluding carboxylic acids is 1. The third-order valence-corrected chi connectivity index (χ3v) is 5.36. The summed E-state index contributed by atoms with van der Waals surface area (Å²) in [5, 5.41) is 14.2. The topological polar surface area (TPSA) is 92.2 Å². The fourth-order valence-electron chi connectivity index (χ4n) is 3.57. The Hall–Kier alpha value is -3.94. The van der Waals surface area contributed by atoms with Gasteiger partial charge in [0, 0.05) is 72.8 Å². The van der Waals surface area contributed by atoms with Crippen molar-refractivity contribution in [3.8, 4) is 11.3 Å². The van der Waals surface area contributed by atoms with Crippen LogP contribution in [0.5, 0.6) is 0 Å². The molecule has 0 saturated carbocycles. The minimum atomic E-state index is -0.699. The molecule has 0 spiro atoms. The number of aliphatic hydroxyl groups excluding tert-OH is 1. The highest BCUT2D eigenvalue weighted by Crippen LogP contribution is 2.33. The van der Waals surface area contributed by atoms with Crippen LogP contribution in [0.3, 0.4) is 0 Å². The van der Waals surface area contributed by atoms with E-state index in [1.54, 1.807) is 38.6 Å². The van der Waals surface area contributed by atoms with Crippen LogP contribution < -0.4 is 5.32 Å². The summed E-state index contributed by atoms with van der Waals surface area (Å²) in [5.41, 5.74) is 7.13. The molecule has 0 aliphatic heterocycles. The quantitative estimate of drug-likeness (QED) is 0.210. The van der Waals surface area contributed by atoms with Crippen LogP contribution >= 0.6 is 0 Å². The van der Waals surface area contributed by atoms with Crippen molar-refractivity contribution in [2.75, 3.05) is 19.5 Å². The number of fused-ring (bicyclic) bond motifs is 1. The van der Waals surface area contributed by atoms with Crippen molar-refractivity contribution < 1.29 is 14.6 Å². The van der Waals surface area contributed by atoms with Crippen molar-refractivity contribution in [2.24, 2.45) is 7.05 Å². The molecule has 36 heavy (non-hydrogen) atoms. The lowest BCUT2D eigenvalue weighted by Crippen LogP contribution is -1.95. The van der Waals surface area contributed by atoms with Crippen LogP contribution in [-0.4, -0.2) is 46.3 Å². The zero-order valence-electron chi connectivity index (χ0n) is 21.9. The second kappa shape index (κ2) is 13.8. The summed E-state index contributed by atoms with van der Waals surface area (Å²) in [6.45, 7) is 9.66. The predicted molar refractivity (Wildman–Crippen MR) is 150 cm³/mol. The molecule has 7 heteroatoms. The van der Waals surface area contributed by atoms with Gasteiger partial charge in [0.2, 0.25) is 0 Å². The van der Waals surface area contributed by atoms with Gasteiger partial charge in [-0.15, -0.1) is 6.58 Å². The number of hydrogen-bond acceptors (Lipinski definition) is 5. The van der Waals surface area contributed by atoms with E-state index >= 15 is 0 Å². The van der Waals surface area contributed by atoms with Crippen molar-refractivity contribution >= 4 is 34.8 Å². The second-order valence-corrected chi connectivity index (χ2v) is 7.82. The van der Waals surface area contributed by atoms with Gasteiger partial charge in [0.05, 0.1) is 11.8 Å². The average Bonchev–Trinajstić information content (AvgIpc) is 3.46. The molecule has 0 fully saturated rings. The summed E-state index contributed by atoms with van der Waals surface area (Å²) in [5.74, 6) is 0. The third kappa shape index (κ3) is 6.81. The lowest BCUT2D eigenvalue weighted by atomic mass is 10.1. The molecule has 1 unspecified atom stereocenters. The van der Waals surface area contributed by atoms with Crippen LogP contribution in [0, 0.1) is 6.92 Å². The first-order chi connectivity index (χ1) is 17.4. The summed E-state index contributed by atoms with van der Waals surface area (Å²) >= 11 is 0. The number of anilines is 2. The van der Waals surface area contributed by atoms with E-state index in [9.17, 15) is 9.90 Å². The molecule has 190 valence electrons. The highest BCUT2D eigenvalue weighted by Gasteiger charge is 2.15. The van der Waals surface area contributed by atoms with Crippen LogP contribution in [0.25, 0.3) is 28.4 Å². The number of aryl methyl sites for hydroxylation is 1. The number of benzene rings is 1. The number of aldehydes is 1. The largest absolute Gasteiger partial charge is 0.388 e. The molecule has 3 heterocycles. The molecule has 7 nitrogen and oxygen atoms in total. The molecule has 0 radical (unpaired) electrons. The van der Waals surface area contributed by atoms with Gasteiger partial charge in [-0.1, -0.05) is 44.2 Å². The molecule has 0 aliphatic rings. The molecule has 3 aromatic heterocycles. The Bertz CT molecular complexity index is 1320. The number of hydrogen-bond donors (Lipinski definition) is 3. The Labute approximate surface area is 213 Å². The van der Waals surface area contributed by atoms with Crippen LogP contribution in [-0.2, 0) is 11.8 Å². The van der Waals surface area contributed by atoms with E-state index in [4.69, 9.17) is 0 Å². The molecule has 0 amide bonds. The van der Waals surface area contributed by atoms with Gasteiger partial charge >= 0.3 is 0 Å². The molecule has 0 bridgehead atoms. The predicted octanol–water partition coefficient (Wildman–Crippen LogP) is 6.28. The van der Waals surface area contributed by atoms with Crippen molar-refractivity contribution in [1.29, 1.82) is 0 Å². The molecular formula is C29H36N4O3. The number of ether oxygens (including phenoxy) is 1. The normalized spacial score (nSPS) is 11.3. The highest BCUT2D eigenvalue weighted by atomic mass is 16.4. The van der Waals surface area contributed by atoms with Gasteiger partial charge in [0.1, 0.15) is 11.9 Å². The third-order valence-electron chi connectivity index (χ3n) is 5.36. The van der Waals surface area contributed by atoms with E-state index in [0.29, 0.717) is 5.56 Å². The molecular weight excluding hydrogens is 452 g/mol. The Morgan fingerprint density at radius 3 is 2.61 bits per heavy atom. The minimum absolute atomic E-state index is 0.614. The first-order valence-corrected chi connectivity index (χ1v) is 11.8. The summed E-state index contributed by atoms with van der Waals surface area (Å²) < 4.78 is 6.30. The Balaban J connectivity index is 0.000000850. The Morgan fingerprint density at radius 1 is 1.22 bits per heavy atom. The van der Waals surface area contributed by atoms with Crippen LogP contribution in [0.4, 0.5) is 11.4 Å². The smallest absolute Gasteiger partial charge is 0.150 e. The van der Waals surface area contributed by atoms with Gasteiger partial charge in [0.15, 0.2) is 0 Å². The number of aromatic nitrogens is 3. The number of nitrogens with zero attached hydrogens (tertiary/aromatic N) is 2. The standard InChI is InChI=1S/C25H24N4O2.C2H6O.C2H6/c1-4-19(31)8-9-20-16(2)29(3)14-22(20)24-13-21-23(10-11-26-25(21)28-24)27-18-7-5-6-17(12-18)15-30;1-3-2;1-2/h4-15,19,31H,1H2,2-3H3,(H2,26,27,28);1-2H3;1-2H3. The molecule has 4 aromatic rings. The van der Waals surface area contributed by atoms with E-state index in [0.717, 1.165) is 51.2 Å². The van der Waals surface area contributed by atoms with Gasteiger partial charge in [0.25, 0.3) is 0 Å². The summed E-state index contributed by atoms with van der Waals surface area (Å²) in [6, 6.07) is 11.3. The zero-order valence-corrected chi connectivity index (χ0v) is 21.9. The number of aliphatic hydroxyl groups is 1. The SMILES string of the molecule is C=CC(O)C=Cc1c(-c2cc3c(Nc4cccc(C=O)c4)ccnc3[nH]2)cn(C)c1C.CC.COC. The second-order valence-electron chi connectivity index (χ2n) is 7.82. The zero-order chi connectivity index (χ0) is 26.7. The molecule has 1 aromatic carbocycles. The van der Waals surface area contributed by atoms with Crippen LogP contribution in [0.2, 0.25) is 0 Å². The summed E-state index contributed by atoms with van der Waals surface area (Å²) in [6.07, 6.45) is 9.05. The van der Waals surface area contributed by atoms with Gasteiger partial charge < -0.3 is 24.7 Å². The van der Waals surface area contributed by atoms with E-state index in [1.165, 1.54) is 6.08 Å². The number of carbonyl (C=O) groups is 1. The van der Waals surface area contributed by atoms with E-state index < -0.39 is 6.10 Å². The number of pyridine rings is 1. The summed E-state index contributed by atoms with van der Waals surface area (Å²) in [4.78, 5) is 19.0.